The van der Waals surface area contributed by atoms with Crippen LogP contribution in [0.4, 0.5) is 0 Å². The number of hydrazine groups is 1. The first kappa shape index (κ1) is 12.1. The average Bonchev–Trinajstić information content (AvgIpc) is 2.41. The van der Waals surface area contributed by atoms with E-state index in [1.807, 2.05) is 0 Å². The third-order valence-electron chi connectivity index (χ3n) is 2.66. The van der Waals surface area contributed by atoms with Gasteiger partial charge in [-0.15, -0.1) is 0 Å². The number of methoxy groups -OCH3 is 1. The van der Waals surface area contributed by atoms with E-state index in [4.69, 9.17) is 10.6 Å². The van der Waals surface area contributed by atoms with Crippen LogP contribution in [0.1, 0.15) is 0 Å². The van der Waals surface area contributed by atoms with E-state index in [9.17, 15) is 9.59 Å². The molecule has 18 heavy (non-hydrogen) atoms. The number of carbonyl (C=O) groups is 1. The molecule has 2 aromatic rings. The number of rotatable bonds is 3. The highest BCUT2D eigenvalue weighted by atomic mass is 16.5. The summed E-state index contributed by atoms with van der Waals surface area (Å²) in [7, 11) is 1.54. The van der Waals surface area contributed by atoms with E-state index in [2.05, 4.69) is 5.43 Å². The lowest BCUT2D eigenvalue weighted by atomic mass is 10.2. The lowest BCUT2D eigenvalue weighted by Crippen LogP contribution is -2.33. The van der Waals surface area contributed by atoms with E-state index in [-0.39, 0.29) is 17.9 Å². The third-order valence-corrected chi connectivity index (χ3v) is 2.66. The topological polar surface area (TPSA) is 86.3 Å². The predicted molar refractivity (Wildman–Crippen MR) is 67.1 cm³/mol. The van der Waals surface area contributed by atoms with Crippen molar-refractivity contribution in [2.75, 3.05) is 7.11 Å². The van der Waals surface area contributed by atoms with Crippen molar-refractivity contribution >= 4 is 16.8 Å². The fourth-order valence-electron chi connectivity index (χ4n) is 1.75. The van der Waals surface area contributed by atoms with Gasteiger partial charge in [0.05, 0.1) is 12.6 Å². The molecule has 0 aliphatic rings. The van der Waals surface area contributed by atoms with Crippen LogP contribution in [-0.4, -0.2) is 17.6 Å². The molecule has 1 amide bonds. The summed E-state index contributed by atoms with van der Waals surface area (Å²) in [5.41, 5.74) is 2.58. The fourth-order valence-corrected chi connectivity index (χ4v) is 1.75. The van der Waals surface area contributed by atoms with Gasteiger partial charge in [0.15, 0.2) is 5.43 Å². The smallest absolute Gasteiger partial charge is 0.253 e. The molecule has 0 radical (unpaired) electrons. The summed E-state index contributed by atoms with van der Waals surface area (Å²) in [6, 6.07) is 6.50. The molecular weight excluding hydrogens is 234 g/mol. The van der Waals surface area contributed by atoms with Gasteiger partial charge in [0.1, 0.15) is 12.3 Å². The molecule has 0 spiro atoms. The van der Waals surface area contributed by atoms with Crippen molar-refractivity contribution in [2.45, 2.75) is 6.54 Å². The van der Waals surface area contributed by atoms with E-state index in [0.717, 1.165) is 0 Å². The van der Waals surface area contributed by atoms with Gasteiger partial charge in [-0.25, -0.2) is 5.84 Å². The Balaban J connectivity index is 2.62. The van der Waals surface area contributed by atoms with Crippen LogP contribution in [0.15, 0.2) is 35.3 Å². The van der Waals surface area contributed by atoms with E-state index in [1.165, 1.54) is 6.07 Å². The number of nitrogens with two attached hydrogens (primary N) is 1. The maximum atomic E-state index is 11.7. The van der Waals surface area contributed by atoms with Crippen LogP contribution < -0.4 is 21.4 Å². The number of aromatic nitrogens is 1. The number of hydrogen-bond acceptors (Lipinski definition) is 4. The molecular formula is C12H13N3O3. The summed E-state index contributed by atoms with van der Waals surface area (Å²) in [5.74, 6) is 5.33. The van der Waals surface area contributed by atoms with Crippen molar-refractivity contribution in [1.29, 1.82) is 0 Å². The van der Waals surface area contributed by atoms with E-state index in [1.54, 1.807) is 36.1 Å². The molecule has 0 atom stereocenters. The Hall–Kier alpha value is -2.34. The fraction of sp³-hybridized carbons (Fsp3) is 0.167. The van der Waals surface area contributed by atoms with Crippen LogP contribution >= 0.6 is 0 Å². The molecule has 0 aliphatic heterocycles. The summed E-state index contributed by atoms with van der Waals surface area (Å²) in [4.78, 5) is 23.0. The molecule has 1 aromatic carbocycles. The third kappa shape index (κ3) is 2.18. The molecule has 0 bridgehead atoms. The molecule has 0 unspecified atom stereocenters. The maximum Gasteiger partial charge on any atom is 0.253 e. The monoisotopic (exact) mass is 247 g/mol. The summed E-state index contributed by atoms with van der Waals surface area (Å²) in [5, 5.41) is 0.531. The summed E-state index contributed by atoms with van der Waals surface area (Å²) < 4.78 is 6.75. The molecule has 0 aliphatic carbocycles. The van der Waals surface area contributed by atoms with Crippen LogP contribution in [0, 0.1) is 0 Å². The number of nitrogens with zero attached hydrogens (tertiary/aromatic N) is 1. The molecule has 0 saturated heterocycles. The second kappa shape index (κ2) is 4.89. The maximum absolute atomic E-state index is 11.7. The van der Waals surface area contributed by atoms with Crippen molar-refractivity contribution in [2.24, 2.45) is 5.84 Å². The van der Waals surface area contributed by atoms with E-state index >= 15 is 0 Å². The predicted octanol–water partition coefficient (Wildman–Crippen LogP) is -0.000000000000000111. The van der Waals surface area contributed by atoms with Gasteiger partial charge in [-0.2, -0.15) is 0 Å². The van der Waals surface area contributed by atoms with Crippen LogP contribution in [0.2, 0.25) is 0 Å². The van der Waals surface area contributed by atoms with Crippen LogP contribution in [0.25, 0.3) is 10.9 Å². The van der Waals surface area contributed by atoms with Gasteiger partial charge in [0.25, 0.3) is 5.91 Å². The largest absolute Gasteiger partial charge is 0.497 e. The molecule has 1 heterocycles. The zero-order chi connectivity index (χ0) is 13.1. The number of amides is 1. The first-order chi connectivity index (χ1) is 8.65. The van der Waals surface area contributed by atoms with Crippen LogP contribution in [0.5, 0.6) is 5.75 Å². The zero-order valence-electron chi connectivity index (χ0n) is 9.84. The number of fused-ring (bicyclic) bond motifs is 1. The number of ether oxygens (including phenoxy) is 1. The van der Waals surface area contributed by atoms with Crippen LogP contribution in [0.3, 0.4) is 0 Å². The number of carbonyl (C=O) groups excluding carboxylic acids is 1. The molecule has 2 rings (SSSR count). The average molecular weight is 247 g/mol. The van der Waals surface area contributed by atoms with Crippen molar-refractivity contribution in [3.8, 4) is 5.75 Å². The van der Waals surface area contributed by atoms with E-state index in [0.29, 0.717) is 16.7 Å². The number of benzene rings is 1. The second-order valence-electron chi connectivity index (χ2n) is 3.76. The standard InChI is InChI=1S/C12H13N3O3/c1-18-8-2-3-9-10(6-8)15(5-4-11(9)16)7-12(17)14-13/h2-6H,7,13H2,1H3,(H,14,17). The lowest BCUT2D eigenvalue weighted by Gasteiger charge is -2.10. The highest BCUT2D eigenvalue weighted by Gasteiger charge is 2.07. The summed E-state index contributed by atoms with van der Waals surface area (Å²) in [6.07, 6.45) is 1.55. The van der Waals surface area contributed by atoms with Crippen LogP contribution in [-0.2, 0) is 11.3 Å². The Morgan fingerprint density at radius 3 is 2.89 bits per heavy atom. The Morgan fingerprint density at radius 1 is 1.44 bits per heavy atom. The van der Waals surface area contributed by atoms with Gasteiger partial charge in [0.2, 0.25) is 0 Å². The quantitative estimate of drug-likeness (QED) is 0.454. The molecule has 0 fully saturated rings. The normalized spacial score (nSPS) is 10.3. The van der Waals surface area contributed by atoms with Crippen molar-refractivity contribution in [3.63, 3.8) is 0 Å². The molecule has 6 nitrogen and oxygen atoms in total. The minimum Gasteiger partial charge on any atom is -0.497 e. The Bertz CT molecular complexity index is 649. The van der Waals surface area contributed by atoms with Gasteiger partial charge >= 0.3 is 0 Å². The summed E-state index contributed by atoms with van der Waals surface area (Å²) in [6.45, 7) is 0.0421. The Morgan fingerprint density at radius 2 is 2.22 bits per heavy atom. The number of nitrogens with one attached hydrogen (secondary N) is 1. The second-order valence-corrected chi connectivity index (χ2v) is 3.76. The highest BCUT2D eigenvalue weighted by Crippen LogP contribution is 2.18. The molecule has 0 saturated carbocycles. The van der Waals surface area contributed by atoms with E-state index < -0.39 is 0 Å². The summed E-state index contributed by atoms with van der Waals surface area (Å²) >= 11 is 0. The first-order valence-electron chi connectivity index (χ1n) is 5.32. The van der Waals surface area contributed by atoms with Gasteiger partial charge in [-0.05, 0) is 12.1 Å². The van der Waals surface area contributed by atoms with Crippen molar-refractivity contribution < 1.29 is 9.53 Å². The van der Waals surface area contributed by atoms with Gasteiger partial charge < -0.3 is 9.30 Å². The first-order valence-corrected chi connectivity index (χ1v) is 5.32. The van der Waals surface area contributed by atoms with Crippen molar-refractivity contribution in [3.05, 3.63) is 40.7 Å². The molecule has 1 aromatic heterocycles. The number of pyridine rings is 1. The lowest BCUT2D eigenvalue weighted by molar-refractivity contribution is -0.121. The highest BCUT2D eigenvalue weighted by molar-refractivity contribution is 5.83. The number of hydrogen-bond donors (Lipinski definition) is 2. The zero-order valence-corrected chi connectivity index (χ0v) is 9.84. The Labute approximate surface area is 103 Å². The Kier molecular flexibility index (Phi) is 3.29. The van der Waals surface area contributed by atoms with Crippen molar-refractivity contribution in [1.82, 2.24) is 9.99 Å². The van der Waals surface area contributed by atoms with Gasteiger partial charge in [-0.3, -0.25) is 15.0 Å². The SMILES string of the molecule is COc1ccc2c(=O)ccn(CC(=O)NN)c2c1. The molecule has 3 N–H and O–H groups in total. The minimum atomic E-state index is -0.345. The minimum absolute atomic E-state index is 0.0421. The van der Waals surface area contributed by atoms with Gasteiger partial charge in [0, 0.05) is 23.7 Å². The molecule has 94 valence electrons. The van der Waals surface area contributed by atoms with Gasteiger partial charge in [-0.1, -0.05) is 0 Å². The molecule has 6 heteroatoms.